The number of amides is 1. The highest BCUT2D eigenvalue weighted by Crippen LogP contribution is 2.38. The van der Waals surface area contributed by atoms with Gasteiger partial charge in [0.25, 0.3) is 5.91 Å². The van der Waals surface area contributed by atoms with E-state index in [1.807, 2.05) is 0 Å². The maximum atomic E-state index is 12.7. The van der Waals surface area contributed by atoms with Crippen LogP contribution < -0.4 is 5.73 Å². The highest BCUT2D eigenvalue weighted by atomic mass is 16.3. The molecule has 3 atom stereocenters. The molecule has 2 aliphatic carbocycles. The summed E-state index contributed by atoms with van der Waals surface area (Å²) in [4.78, 5) is 29.9. The van der Waals surface area contributed by atoms with E-state index in [4.69, 9.17) is 5.73 Å². The maximum Gasteiger partial charge on any atom is 0.270 e. The Morgan fingerprint density at radius 2 is 2.09 bits per heavy atom. The Hall–Kier alpha value is -1.69. The molecule has 6 nitrogen and oxygen atoms in total. The van der Waals surface area contributed by atoms with Crippen molar-refractivity contribution in [3.05, 3.63) is 11.3 Å². The molecule has 3 N–H and O–H groups in total. The van der Waals surface area contributed by atoms with Gasteiger partial charge in [0, 0.05) is 30.3 Å². The molecule has 0 bridgehead atoms. The van der Waals surface area contributed by atoms with Crippen molar-refractivity contribution in [2.24, 2.45) is 22.6 Å². The van der Waals surface area contributed by atoms with Crippen molar-refractivity contribution in [1.82, 2.24) is 4.90 Å². The fourth-order valence-electron chi connectivity index (χ4n) is 4.10. The van der Waals surface area contributed by atoms with Crippen LogP contribution >= 0.6 is 0 Å². The first-order valence-electron chi connectivity index (χ1n) is 8.46. The fraction of sp³-hybridized carbons (Fsp3) is 0.706. The fourth-order valence-corrected chi connectivity index (χ4v) is 4.10. The predicted molar refractivity (Wildman–Crippen MR) is 86.8 cm³/mol. The Morgan fingerprint density at radius 1 is 1.30 bits per heavy atom. The van der Waals surface area contributed by atoms with Crippen LogP contribution in [0.1, 0.15) is 39.0 Å². The summed E-state index contributed by atoms with van der Waals surface area (Å²) in [6.45, 7) is 2.94. The normalized spacial score (nSPS) is 34.1. The van der Waals surface area contributed by atoms with Crippen LogP contribution in [0.3, 0.4) is 0 Å². The summed E-state index contributed by atoms with van der Waals surface area (Å²) in [7, 11) is 0. The summed E-state index contributed by atoms with van der Waals surface area (Å²) in [5, 5.41) is 9.98. The molecule has 3 aliphatic rings. The van der Waals surface area contributed by atoms with Gasteiger partial charge in [0.05, 0.1) is 12.6 Å². The third-order valence-electron chi connectivity index (χ3n) is 5.34. The number of fused-ring (bicyclic) bond motifs is 1. The predicted octanol–water partition coefficient (Wildman–Crippen LogP) is 0.642. The van der Waals surface area contributed by atoms with E-state index < -0.39 is 0 Å². The number of rotatable bonds is 3. The lowest BCUT2D eigenvalue weighted by atomic mass is 10.00. The third kappa shape index (κ3) is 3.17. The zero-order chi connectivity index (χ0) is 16.6. The maximum absolute atomic E-state index is 12.7. The lowest BCUT2D eigenvalue weighted by Crippen LogP contribution is -2.35. The minimum absolute atomic E-state index is 0.00926. The zero-order valence-electron chi connectivity index (χ0n) is 13.6. The van der Waals surface area contributed by atoms with Crippen LogP contribution in [0.5, 0.6) is 0 Å². The van der Waals surface area contributed by atoms with Gasteiger partial charge in [-0.25, -0.2) is 0 Å². The Kier molecular flexibility index (Phi) is 4.53. The molecule has 0 spiro atoms. The van der Waals surface area contributed by atoms with Crippen molar-refractivity contribution in [2.75, 3.05) is 19.6 Å². The van der Waals surface area contributed by atoms with Crippen molar-refractivity contribution in [3.8, 4) is 0 Å². The second-order valence-electron chi connectivity index (χ2n) is 6.99. The Bertz CT molecular complexity index is 582. The number of likely N-dealkylation sites (tertiary alicyclic amines) is 1. The average Bonchev–Trinajstić information content (AvgIpc) is 3.21. The number of carbonyl (C=O) groups excluding carboxylic acids is 2. The van der Waals surface area contributed by atoms with Gasteiger partial charge in [-0.2, -0.15) is 0 Å². The first-order valence-corrected chi connectivity index (χ1v) is 8.46. The van der Waals surface area contributed by atoms with Gasteiger partial charge < -0.3 is 15.7 Å². The second-order valence-corrected chi connectivity index (χ2v) is 6.99. The number of allylic oxidation sites excluding steroid dienone is 1. The topological polar surface area (TPSA) is 96.0 Å². The van der Waals surface area contributed by atoms with Gasteiger partial charge >= 0.3 is 0 Å². The van der Waals surface area contributed by atoms with Crippen molar-refractivity contribution in [2.45, 2.75) is 45.1 Å². The summed E-state index contributed by atoms with van der Waals surface area (Å²) in [6.07, 6.45) is 3.99. The molecule has 1 saturated heterocycles. The standard InChI is InChI=1S/C17H25N3O3/c1-10(21)7-19-14-4-2-3-12(14)16(18)17(23)20-8-11-5-6-15(22)13(11)9-20/h11,13,15,22H,2-9,18H2,1H3/b16-12-,19-14?/t11-,13+,15+/m1/s1. The molecule has 1 amide bonds. The third-order valence-corrected chi connectivity index (χ3v) is 5.34. The summed E-state index contributed by atoms with van der Waals surface area (Å²) in [6, 6.07) is 0. The SMILES string of the molecule is CC(=O)CN=C1CCC/C1=C(/N)C(=O)N1C[C@H]2CC[C@H](O)[C@H]2C1. The number of nitrogens with zero attached hydrogens (tertiary/aromatic N) is 2. The summed E-state index contributed by atoms with van der Waals surface area (Å²) < 4.78 is 0. The molecule has 3 fully saturated rings. The van der Waals surface area contributed by atoms with E-state index in [9.17, 15) is 14.7 Å². The number of nitrogens with two attached hydrogens (primary N) is 1. The van der Waals surface area contributed by atoms with E-state index in [-0.39, 0.29) is 36.0 Å². The van der Waals surface area contributed by atoms with Crippen molar-refractivity contribution < 1.29 is 14.7 Å². The van der Waals surface area contributed by atoms with Crippen LogP contribution in [-0.4, -0.2) is 53.1 Å². The molecule has 0 aromatic carbocycles. The number of hydrogen-bond acceptors (Lipinski definition) is 5. The van der Waals surface area contributed by atoms with E-state index in [1.165, 1.54) is 6.92 Å². The van der Waals surface area contributed by atoms with Crippen LogP contribution in [0.15, 0.2) is 16.3 Å². The van der Waals surface area contributed by atoms with Crippen LogP contribution in [0.4, 0.5) is 0 Å². The molecule has 0 aromatic rings. The highest BCUT2D eigenvalue weighted by molar-refractivity contribution is 6.09. The van der Waals surface area contributed by atoms with Crippen LogP contribution in [-0.2, 0) is 9.59 Å². The second kappa shape index (κ2) is 6.43. The van der Waals surface area contributed by atoms with Crippen LogP contribution in [0, 0.1) is 11.8 Å². The molecule has 126 valence electrons. The van der Waals surface area contributed by atoms with E-state index in [2.05, 4.69) is 4.99 Å². The van der Waals surface area contributed by atoms with E-state index in [0.29, 0.717) is 19.0 Å². The number of carbonyl (C=O) groups is 2. The molecule has 0 aromatic heterocycles. The Morgan fingerprint density at radius 3 is 2.78 bits per heavy atom. The summed E-state index contributed by atoms with van der Waals surface area (Å²) >= 11 is 0. The Labute approximate surface area is 136 Å². The minimum atomic E-state index is -0.286. The first-order chi connectivity index (χ1) is 11.0. The van der Waals surface area contributed by atoms with Crippen molar-refractivity contribution in [3.63, 3.8) is 0 Å². The quantitative estimate of drug-likeness (QED) is 0.746. The first kappa shape index (κ1) is 16.2. The molecule has 0 unspecified atom stereocenters. The van der Waals surface area contributed by atoms with Gasteiger partial charge in [0.15, 0.2) is 5.78 Å². The number of aliphatic imine (C=N–C) groups is 1. The van der Waals surface area contributed by atoms with Gasteiger partial charge in [-0.05, 0) is 44.9 Å². The van der Waals surface area contributed by atoms with E-state index in [1.54, 1.807) is 4.90 Å². The van der Waals surface area contributed by atoms with Gasteiger partial charge in [-0.3, -0.25) is 14.6 Å². The lowest BCUT2D eigenvalue weighted by Gasteiger charge is -2.19. The van der Waals surface area contributed by atoms with Gasteiger partial charge in [-0.15, -0.1) is 0 Å². The monoisotopic (exact) mass is 319 g/mol. The number of Topliss-reactive ketones (excluding diaryl/α,β-unsaturated/α-hetero) is 1. The van der Waals surface area contributed by atoms with E-state index in [0.717, 1.165) is 43.4 Å². The number of aliphatic hydroxyl groups is 1. The van der Waals surface area contributed by atoms with Crippen molar-refractivity contribution >= 4 is 17.4 Å². The molecule has 3 rings (SSSR count). The average molecular weight is 319 g/mol. The Balaban J connectivity index is 1.74. The van der Waals surface area contributed by atoms with Crippen LogP contribution in [0.2, 0.25) is 0 Å². The van der Waals surface area contributed by atoms with Gasteiger partial charge in [0.2, 0.25) is 0 Å². The molecule has 23 heavy (non-hydrogen) atoms. The number of aliphatic hydroxyl groups excluding tert-OH is 1. The number of hydrogen-bond donors (Lipinski definition) is 2. The molecule has 1 aliphatic heterocycles. The van der Waals surface area contributed by atoms with Crippen molar-refractivity contribution in [1.29, 1.82) is 0 Å². The molecular formula is C17H25N3O3. The lowest BCUT2D eigenvalue weighted by molar-refractivity contribution is -0.126. The molecule has 1 heterocycles. The molecule has 2 saturated carbocycles. The molecule has 0 radical (unpaired) electrons. The summed E-state index contributed by atoms with van der Waals surface area (Å²) in [5.74, 6) is 0.474. The minimum Gasteiger partial charge on any atom is -0.394 e. The van der Waals surface area contributed by atoms with E-state index >= 15 is 0 Å². The highest BCUT2D eigenvalue weighted by Gasteiger charge is 2.43. The number of ketones is 1. The molecular weight excluding hydrogens is 294 g/mol. The zero-order valence-corrected chi connectivity index (χ0v) is 13.6. The molecule has 6 heteroatoms. The van der Waals surface area contributed by atoms with Gasteiger partial charge in [0.1, 0.15) is 5.70 Å². The smallest absolute Gasteiger partial charge is 0.270 e. The van der Waals surface area contributed by atoms with Gasteiger partial charge in [-0.1, -0.05) is 0 Å². The largest absolute Gasteiger partial charge is 0.394 e. The van der Waals surface area contributed by atoms with Crippen LogP contribution in [0.25, 0.3) is 0 Å². The summed E-state index contributed by atoms with van der Waals surface area (Å²) in [5.41, 5.74) is 8.05.